The fraction of sp³-hybridized carbons (Fsp3) is 0.353. The van der Waals surface area contributed by atoms with E-state index in [1.54, 1.807) is 11.0 Å². The van der Waals surface area contributed by atoms with Crippen molar-refractivity contribution in [2.24, 2.45) is 4.99 Å². The summed E-state index contributed by atoms with van der Waals surface area (Å²) in [6, 6.07) is 7.22. The molecule has 0 bridgehead atoms. The Morgan fingerprint density at radius 1 is 1.18 bits per heavy atom. The number of amides is 2. The summed E-state index contributed by atoms with van der Waals surface area (Å²) in [5.41, 5.74) is 2.65. The van der Waals surface area contributed by atoms with E-state index in [0.717, 1.165) is 25.0 Å². The van der Waals surface area contributed by atoms with Crippen LogP contribution in [-0.4, -0.2) is 35.1 Å². The number of para-hydroxylation sites is 1. The first-order valence-electron chi connectivity index (χ1n) is 7.60. The average molecular weight is 295 g/mol. The molecule has 3 aliphatic heterocycles. The number of allylic oxidation sites excluding steroid dienone is 1. The molecule has 1 saturated heterocycles. The molecule has 3 aliphatic rings. The second-order valence-electron chi connectivity index (χ2n) is 6.13. The van der Waals surface area contributed by atoms with Gasteiger partial charge >= 0.3 is 0 Å². The van der Waals surface area contributed by atoms with Crippen LogP contribution in [0.1, 0.15) is 37.0 Å². The second-order valence-corrected chi connectivity index (χ2v) is 6.13. The maximum atomic E-state index is 12.8. The van der Waals surface area contributed by atoms with E-state index in [2.05, 4.69) is 4.99 Å². The monoisotopic (exact) mass is 295 g/mol. The lowest BCUT2D eigenvalue weighted by Crippen LogP contribution is -2.44. The molecule has 112 valence electrons. The van der Waals surface area contributed by atoms with Gasteiger partial charge in [0.15, 0.2) is 0 Å². The van der Waals surface area contributed by atoms with Crippen LogP contribution in [0, 0.1) is 0 Å². The number of amidine groups is 1. The third kappa shape index (κ3) is 1.62. The first-order valence-corrected chi connectivity index (χ1v) is 7.60. The summed E-state index contributed by atoms with van der Waals surface area (Å²) in [5.74, 6) is 0.586. The highest BCUT2D eigenvalue weighted by Crippen LogP contribution is 2.37. The smallest absolute Gasteiger partial charge is 0.282 e. The number of nitrogens with zero attached hydrogens (tertiary/aromatic N) is 3. The van der Waals surface area contributed by atoms with Gasteiger partial charge in [-0.1, -0.05) is 12.1 Å². The molecule has 1 fully saturated rings. The number of anilines is 1. The molecular formula is C17H17N3O2. The van der Waals surface area contributed by atoms with Crippen molar-refractivity contribution in [1.82, 2.24) is 4.90 Å². The normalized spacial score (nSPS) is 23.1. The Labute approximate surface area is 128 Å². The van der Waals surface area contributed by atoms with E-state index in [-0.39, 0.29) is 17.9 Å². The van der Waals surface area contributed by atoms with Gasteiger partial charge in [0, 0.05) is 6.54 Å². The van der Waals surface area contributed by atoms with Crippen LogP contribution in [0.4, 0.5) is 5.69 Å². The van der Waals surface area contributed by atoms with Gasteiger partial charge in [0.2, 0.25) is 0 Å². The van der Waals surface area contributed by atoms with Crippen molar-refractivity contribution in [2.45, 2.75) is 32.7 Å². The number of aliphatic imine (C=N–C) groups is 1. The van der Waals surface area contributed by atoms with Crippen LogP contribution >= 0.6 is 0 Å². The van der Waals surface area contributed by atoms with Gasteiger partial charge in [-0.3, -0.25) is 14.5 Å². The highest BCUT2D eigenvalue weighted by Gasteiger charge is 2.46. The highest BCUT2D eigenvalue weighted by molar-refractivity contribution is 6.32. The molecule has 1 aromatic carbocycles. The standard InChI is InChI=1S/C17H17N3O2/c1-10(2)14-17(22)20-12-7-4-3-6-11(12)16(21)19-9-5-8-13(19)15(20)18-14/h3-4,6-7,13H,5,8-9H2,1-2H3. The van der Waals surface area contributed by atoms with Crippen LogP contribution in [0.3, 0.4) is 0 Å². The third-order valence-corrected chi connectivity index (χ3v) is 4.52. The van der Waals surface area contributed by atoms with Crippen molar-refractivity contribution in [3.8, 4) is 0 Å². The molecule has 0 radical (unpaired) electrons. The molecular weight excluding hydrogens is 278 g/mol. The van der Waals surface area contributed by atoms with E-state index < -0.39 is 0 Å². The number of carbonyl (C=O) groups is 2. The third-order valence-electron chi connectivity index (χ3n) is 4.52. The summed E-state index contributed by atoms with van der Waals surface area (Å²) in [5, 5.41) is 0. The minimum Gasteiger partial charge on any atom is -0.328 e. The number of rotatable bonds is 0. The van der Waals surface area contributed by atoms with E-state index in [0.29, 0.717) is 22.8 Å². The lowest BCUT2D eigenvalue weighted by molar-refractivity contribution is -0.114. The Bertz CT molecular complexity index is 759. The molecule has 1 atom stereocenters. The lowest BCUT2D eigenvalue weighted by atomic mass is 10.1. The lowest BCUT2D eigenvalue weighted by Gasteiger charge is -2.23. The van der Waals surface area contributed by atoms with Crippen LogP contribution in [0.25, 0.3) is 0 Å². The van der Waals surface area contributed by atoms with E-state index in [4.69, 9.17) is 0 Å². The quantitative estimate of drug-likeness (QED) is 0.690. The molecule has 0 aliphatic carbocycles. The molecule has 22 heavy (non-hydrogen) atoms. The number of carbonyl (C=O) groups excluding carboxylic acids is 2. The molecule has 4 rings (SSSR count). The largest absolute Gasteiger partial charge is 0.328 e. The van der Waals surface area contributed by atoms with Crippen molar-refractivity contribution in [3.63, 3.8) is 0 Å². The number of fused-ring (bicyclic) bond motifs is 5. The highest BCUT2D eigenvalue weighted by atomic mass is 16.2. The van der Waals surface area contributed by atoms with Gasteiger partial charge in [-0.05, 0) is 44.4 Å². The zero-order valence-electron chi connectivity index (χ0n) is 12.7. The summed E-state index contributed by atoms with van der Waals surface area (Å²) in [6.45, 7) is 4.52. The van der Waals surface area contributed by atoms with Gasteiger partial charge in [-0.2, -0.15) is 0 Å². The molecule has 5 nitrogen and oxygen atoms in total. The van der Waals surface area contributed by atoms with Crippen molar-refractivity contribution in [3.05, 3.63) is 41.1 Å². The summed E-state index contributed by atoms with van der Waals surface area (Å²) in [7, 11) is 0. The summed E-state index contributed by atoms with van der Waals surface area (Å²) < 4.78 is 0. The molecule has 0 spiro atoms. The number of benzene rings is 1. The topological polar surface area (TPSA) is 53.0 Å². The van der Waals surface area contributed by atoms with E-state index in [1.165, 1.54) is 0 Å². The van der Waals surface area contributed by atoms with Crippen LogP contribution in [0.2, 0.25) is 0 Å². The Morgan fingerprint density at radius 3 is 2.73 bits per heavy atom. The van der Waals surface area contributed by atoms with Crippen LogP contribution in [0.15, 0.2) is 40.5 Å². The van der Waals surface area contributed by atoms with Gasteiger partial charge in [0.25, 0.3) is 11.8 Å². The minimum atomic E-state index is -0.121. The Hall–Kier alpha value is -2.43. The van der Waals surface area contributed by atoms with Crippen LogP contribution in [0.5, 0.6) is 0 Å². The van der Waals surface area contributed by atoms with Crippen molar-refractivity contribution >= 4 is 23.3 Å². The predicted octanol–water partition coefficient (Wildman–Crippen LogP) is 2.34. The zero-order valence-corrected chi connectivity index (χ0v) is 12.7. The maximum absolute atomic E-state index is 12.8. The van der Waals surface area contributed by atoms with Gasteiger partial charge in [0.05, 0.1) is 17.3 Å². The van der Waals surface area contributed by atoms with E-state index in [9.17, 15) is 9.59 Å². The van der Waals surface area contributed by atoms with E-state index >= 15 is 0 Å². The van der Waals surface area contributed by atoms with Gasteiger partial charge < -0.3 is 4.90 Å². The fourth-order valence-corrected chi connectivity index (χ4v) is 3.49. The number of hydrogen-bond donors (Lipinski definition) is 0. The van der Waals surface area contributed by atoms with Crippen molar-refractivity contribution in [1.29, 1.82) is 0 Å². The summed E-state index contributed by atoms with van der Waals surface area (Å²) in [6.07, 6.45) is 1.81. The molecule has 2 amide bonds. The molecule has 0 saturated carbocycles. The van der Waals surface area contributed by atoms with E-state index in [1.807, 2.05) is 36.9 Å². The SMILES string of the molecule is CC(C)=C1N=C2C3CCCN3C(=O)c3ccccc3N2C1=O. The molecule has 1 aromatic rings. The van der Waals surface area contributed by atoms with Crippen LogP contribution < -0.4 is 4.90 Å². The average Bonchev–Trinajstić information content (AvgIpc) is 3.08. The van der Waals surface area contributed by atoms with Gasteiger partial charge in [0.1, 0.15) is 11.5 Å². The summed E-state index contributed by atoms with van der Waals surface area (Å²) >= 11 is 0. The molecule has 1 unspecified atom stereocenters. The Morgan fingerprint density at radius 2 is 1.95 bits per heavy atom. The maximum Gasteiger partial charge on any atom is 0.282 e. The Balaban J connectivity index is 1.99. The van der Waals surface area contributed by atoms with Crippen molar-refractivity contribution in [2.75, 3.05) is 11.4 Å². The first kappa shape index (κ1) is 13.2. The zero-order chi connectivity index (χ0) is 15.4. The van der Waals surface area contributed by atoms with Gasteiger partial charge in [-0.25, -0.2) is 4.99 Å². The van der Waals surface area contributed by atoms with Crippen molar-refractivity contribution < 1.29 is 9.59 Å². The van der Waals surface area contributed by atoms with Crippen LogP contribution in [-0.2, 0) is 4.79 Å². The Kier molecular flexibility index (Phi) is 2.73. The molecule has 5 heteroatoms. The molecule has 0 N–H and O–H groups in total. The predicted molar refractivity (Wildman–Crippen MR) is 83.8 cm³/mol. The molecule has 0 aromatic heterocycles. The fourth-order valence-electron chi connectivity index (χ4n) is 3.49. The molecule has 3 heterocycles. The minimum absolute atomic E-state index is 0.00162. The summed E-state index contributed by atoms with van der Waals surface area (Å²) in [4.78, 5) is 33.7. The van der Waals surface area contributed by atoms with Gasteiger partial charge in [-0.15, -0.1) is 0 Å². The first-order chi connectivity index (χ1) is 10.6. The number of hydrogen-bond acceptors (Lipinski definition) is 3. The second kappa shape index (κ2) is 4.53.